The van der Waals surface area contributed by atoms with Crippen molar-refractivity contribution >= 4 is 15.9 Å². The lowest BCUT2D eigenvalue weighted by molar-refractivity contribution is 0.423. The zero-order valence-corrected chi connectivity index (χ0v) is 14.5. The summed E-state index contributed by atoms with van der Waals surface area (Å²) in [5.41, 5.74) is 3.22. The molecule has 0 bridgehead atoms. The van der Waals surface area contributed by atoms with E-state index in [1.54, 1.807) is 6.07 Å². The second kappa shape index (κ2) is 6.28. The number of benzene rings is 1. The van der Waals surface area contributed by atoms with Crippen LogP contribution in [-0.4, -0.2) is 15.3 Å². The van der Waals surface area contributed by atoms with Crippen molar-refractivity contribution in [1.29, 1.82) is 0 Å². The van der Waals surface area contributed by atoms with Gasteiger partial charge in [0.2, 0.25) is 0 Å². The lowest BCUT2D eigenvalue weighted by Gasteiger charge is -2.20. The first-order chi connectivity index (χ1) is 9.76. The van der Waals surface area contributed by atoms with E-state index in [9.17, 15) is 4.39 Å². The third kappa shape index (κ3) is 4.38. The van der Waals surface area contributed by atoms with Crippen LogP contribution in [0.25, 0.3) is 0 Å². The first-order valence-electron chi connectivity index (χ1n) is 6.96. The quantitative estimate of drug-likeness (QED) is 0.899. The average Bonchev–Trinajstić information content (AvgIpc) is 2.72. The van der Waals surface area contributed by atoms with Crippen molar-refractivity contribution < 1.29 is 4.39 Å². The van der Waals surface area contributed by atoms with Crippen LogP contribution in [0.4, 0.5) is 4.39 Å². The monoisotopic (exact) mass is 353 g/mol. The fraction of sp³-hybridized carbons (Fsp3) is 0.438. The highest BCUT2D eigenvalue weighted by Gasteiger charge is 2.13. The molecule has 0 radical (unpaired) electrons. The van der Waals surface area contributed by atoms with Crippen LogP contribution in [0.2, 0.25) is 0 Å². The molecule has 0 saturated carbocycles. The highest BCUT2D eigenvalue weighted by Crippen LogP contribution is 2.20. The Kier molecular flexibility index (Phi) is 4.84. The molecule has 0 aliphatic heterocycles. The minimum absolute atomic E-state index is 0.0696. The maximum absolute atomic E-state index is 13.3. The van der Waals surface area contributed by atoms with E-state index in [1.165, 1.54) is 12.1 Å². The van der Waals surface area contributed by atoms with Gasteiger partial charge in [0.05, 0.1) is 12.7 Å². The summed E-state index contributed by atoms with van der Waals surface area (Å²) in [6.45, 7) is 9.78. The van der Waals surface area contributed by atoms with Gasteiger partial charge < -0.3 is 5.32 Å². The van der Waals surface area contributed by atoms with Crippen LogP contribution in [0, 0.1) is 12.7 Å². The van der Waals surface area contributed by atoms with Gasteiger partial charge >= 0.3 is 0 Å². The van der Waals surface area contributed by atoms with Gasteiger partial charge in [0.1, 0.15) is 5.82 Å². The number of halogens is 2. The van der Waals surface area contributed by atoms with Crippen molar-refractivity contribution in [1.82, 2.24) is 15.1 Å². The van der Waals surface area contributed by atoms with Gasteiger partial charge in [-0.1, -0.05) is 15.9 Å². The summed E-state index contributed by atoms with van der Waals surface area (Å²) in [7, 11) is 0. The molecule has 3 nitrogen and oxygen atoms in total. The van der Waals surface area contributed by atoms with E-state index in [0.29, 0.717) is 6.54 Å². The van der Waals surface area contributed by atoms with Crippen molar-refractivity contribution in [3.8, 4) is 0 Å². The van der Waals surface area contributed by atoms with Crippen LogP contribution < -0.4 is 5.32 Å². The predicted molar refractivity (Wildman–Crippen MR) is 86.8 cm³/mol. The van der Waals surface area contributed by atoms with E-state index in [2.05, 4.69) is 47.1 Å². The molecule has 1 aromatic carbocycles. The van der Waals surface area contributed by atoms with Gasteiger partial charge in [0.15, 0.2) is 0 Å². The van der Waals surface area contributed by atoms with E-state index in [4.69, 9.17) is 0 Å². The highest BCUT2D eigenvalue weighted by molar-refractivity contribution is 9.10. The topological polar surface area (TPSA) is 29.9 Å². The number of nitrogens with zero attached hydrogens (tertiary/aromatic N) is 2. The summed E-state index contributed by atoms with van der Waals surface area (Å²) < 4.78 is 16.1. The van der Waals surface area contributed by atoms with E-state index < -0.39 is 0 Å². The summed E-state index contributed by atoms with van der Waals surface area (Å²) in [6, 6.07) is 4.71. The summed E-state index contributed by atoms with van der Waals surface area (Å²) >= 11 is 3.46. The molecule has 0 amide bonds. The minimum atomic E-state index is -0.229. The van der Waals surface area contributed by atoms with E-state index in [0.717, 1.165) is 27.8 Å². The number of hydrogen-bond acceptors (Lipinski definition) is 2. The molecular weight excluding hydrogens is 333 g/mol. The Balaban J connectivity index is 2.15. The molecule has 1 aromatic heterocycles. The smallest absolute Gasteiger partial charge is 0.123 e. The van der Waals surface area contributed by atoms with Gasteiger partial charge in [0, 0.05) is 27.8 Å². The minimum Gasteiger partial charge on any atom is -0.308 e. The summed E-state index contributed by atoms with van der Waals surface area (Å²) in [5, 5.41) is 7.87. The predicted octanol–water partition coefficient (Wildman–Crippen LogP) is 4.03. The zero-order valence-electron chi connectivity index (χ0n) is 12.9. The Morgan fingerprint density at radius 2 is 2.00 bits per heavy atom. The first-order valence-corrected chi connectivity index (χ1v) is 7.76. The van der Waals surface area contributed by atoms with Crippen LogP contribution >= 0.6 is 15.9 Å². The normalized spacial score (nSPS) is 11.9. The number of aromatic nitrogens is 2. The molecule has 0 unspecified atom stereocenters. The van der Waals surface area contributed by atoms with Gasteiger partial charge in [-0.3, -0.25) is 4.68 Å². The highest BCUT2D eigenvalue weighted by atomic mass is 79.9. The third-order valence-electron chi connectivity index (χ3n) is 3.34. The van der Waals surface area contributed by atoms with Gasteiger partial charge in [-0.05, 0) is 51.5 Å². The SMILES string of the molecule is Cc1c(CNC(C)(C)C)cnn1Cc1cc(F)ccc1Br. The van der Waals surface area contributed by atoms with E-state index in [-0.39, 0.29) is 11.4 Å². The summed E-state index contributed by atoms with van der Waals surface area (Å²) in [5.74, 6) is -0.229. The van der Waals surface area contributed by atoms with Crippen molar-refractivity contribution in [2.75, 3.05) is 0 Å². The lowest BCUT2D eigenvalue weighted by atomic mass is 10.1. The Hall–Kier alpha value is -1.20. The van der Waals surface area contributed by atoms with Crippen molar-refractivity contribution in [3.63, 3.8) is 0 Å². The van der Waals surface area contributed by atoms with Gasteiger partial charge in [-0.25, -0.2) is 4.39 Å². The van der Waals surface area contributed by atoms with Gasteiger partial charge in [0.25, 0.3) is 0 Å². The summed E-state index contributed by atoms with van der Waals surface area (Å²) in [4.78, 5) is 0. The van der Waals surface area contributed by atoms with Crippen molar-refractivity contribution in [2.45, 2.75) is 46.3 Å². The molecule has 1 heterocycles. The molecule has 1 N–H and O–H groups in total. The fourth-order valence-electron chi connectivity index (χ4n) is 2.00. The molecule has 0 spiro atoms. The molecule has 2 aromatic rings. The van der Waals surface area contributed by atoms with E-state index in [1.807, 2.05) is 17.8 Å². The molecule has 21 heavy (non-hydrogen) atoms. The molecule has 2 rings (SSSR count). The molecule has 0 aliphatic rings. The Morgan fingerprint density at radius 3 is 2.67 bits per heavy atom. The van der Waals surface area contributed by atoms with E-state index >= 15 is 0 Å². The molecule has 0 aliphatic carbocycles. The average molecular weight is 354 g/mol. The van der Waals surface area contributed by atoms with Crippen LogP contribution in [0.5, 0.6) is 0 Å². The Labute approximate surface area is 133 Å². The summed E-state index contributed by atoms with van der Waals surface area (Å²) in [6.07, 6.45) is 1.88. The maximum Gasteiger partial charge on any atom is 0.123 e. The van der Waals surface area contributed by atoms with Crippen molar-refractivity contribution in [2.24, 2.45) is 0 Å². The number of nitrogens with one attached hydrogen (secondary N) is 1. The second-order valence-electron chi connectivity index (χ2n) is 6.25. The fourth-order valence-corrected chi connectivity index (χ4v) is 2.38. The second-order valence-corrected chi connectivity index (χ2v) is 7.11. The first kappa shape index (κ1) is 16.2. The molecule has 0 fully saturated rings. The zero-order chi connectivity index (χ0) is 15.6. The molecule has 0 saturated heterocycles. The van der Waals surface area contributed by atoms with Crippen LogP contribution in [0.15, 0.2) is 28.9 Å². The standard InChI is InChI=1S/C16H21BrFN3/c1-11-13(8-19-16(2,3)4)9-20-21(11)10-12-7-14(18)5-6-15(12)17/h5-7,9,19H,8,10H2,1-4H3. The third-order valence-corrected chi connectivity index (χ3v) is 4.12. The lowest BCUT2D eigenvalue weighted by Crippen LogP contribution is -2.35. The maximum atomic E-state index is 13.3. The molecule has 0 atom stereocenters. The number of rotatable bonds is 4. The van der Waals surface area contributed by atoms with Crippen LogP contribution in [0.1, 0.15) is 37.6 Å². The molecule has 114 valence electrons. The Bertz CT molecular complexity index is 629. The Morgan fingerprint density at radius 1 is 1.29 bits per heavy atom. The number of hydrogen-bond donors (Lipinski definition) is 1. The van der Waals surface area contributed by atoms with Crippen LogP contribution in [-0.2, 0) is 13.1 Å². The van der Waals surface area contributed by atoms with Crippen molar-refractivity contribution in [3.05, 3.63) is 51.5 Å². The molecular formula is C16H21BrFN3. The molecule has 5 heteroatoms. The van der Waals surface area contributed by atoms with Crippen LogP contribution in [0.3, 0.4) is 0 Å². The van der Waals surface area contributed by atoms with Gasteiger partial charge in [-0.2, -0.15) is 5.10 Å². The largest absolute Gasteiger partial charge is 0.308 e. The van der Waals surface area contributed by atoms with Gasteiger partial charge in [-0.15, -0.1) is 0 Å².